The van der Waals surface area contributed by atoms with Crippen LogP contribution in [0.3, 0.4) is 0 Å². The predicted octanol–water partition coefficient (Wildman–Crippen LogP) is 2.67. The average Bonchev–Trinajstić information content (AvgIpc) is 2.25. The van der Waals surface area contributed by atoms with Crippen molar-refractivity contribution in [1.82, 2.24) is 0 Å². The van der Waals surface area contributed by atoms with Crippen LogP contribution in [-0.4, -0.2) is 24.8 Å². The highest BCUT2D eigenvalue weighted by atomic mass is 79.9. The summed E-state index contributed by atoms with van der Waals surface area (Å²) in [6, 6.07) is 5.18. The summed E-state index contributed by atoms with van der Waals surface area (Å²) in [5.41, 5.74) is 0.580. The molecule has 0 unspecified atom stereocenters. The van der Waals surface area contributed by atoms with Gasteiger partial charge in [-0.2, -0.15) is 0 Å². The molecular weight excluding hydrogens is 260 g/mol. The Labute approximate surface area is 97.5 Å². The van der Waals surface area contributed by atoms with E-state index in [9.17, 15) is 4.79 Å². The first-order chi connectivity index (χ1) is 7.19. The van der Waals surface area contributed by atoms with Gasteiger partial charge in [0.2, 0.25) is 0 Å². The Bertz CT molecular complexity index is 350. The number of alkyl halides is 1. The molecule has 0 aliphatic heterocycles. The van der Waals surface area contributed by atoms with Crippen molar-refractivity contribution in [3.05, 3.63) is 23.8 Å². The number of hydrogen-bond acceptors (Lipinski definition) is 3. The zero-order chi connectivity index (χ0) is 11.3. The van der Waals surface area contributed by atoms with Crippen molar-refractivity contribution in [2.24, 2.45) is 0 Å². The Morgan fingerprint density at radius 2 is 2.20 bits per heavy atom. The summed E-state index contributed by atoms with van der Waals surface area (Å²) in [6.07, 6.45) is 0. The van der Waals surface area contributed by atoms with Crippen molar-refractivity contribution in [3.63, 3.8) is 0 Å². The number of methoxy groups -OCH3 is 1. The first-order valence-electron chi connectivity index (χ1n) is 4.56. The smallest absolute Gasteiger partial charge is 0.163 e. The van der Waals surface area contributed by atoms with Gasteiger partial charge in [0.15, 0.2) is 5.78 Å². The SMILES string of the molecule is COc1ccc(C(C)=O)c(OCCBr)c1. The van der Waals surface area contributed by atoms with Gasteiger partial charge in [-0.15, -0.1) is 0 Å². The molecule has 3 nitrogen and oxygen atoms in total. The van der Waals surface area contributed by atoms with Gasteiger partial charge in [0.05, 0.1) is 19.3 Å². The van der Waals surface area contributed by atoms with Gasteiger partial charge < -0.3 is 9.47 Å². The van der Waals surface area contributed by atoms with Gasteiger partial charge in [-0.05, 0) is 19.1 Å². The summed E-state index contributed by atoms with van der Waals surface area (Å²) in [7, 11) is 1.58. The molecule has 0 heterocycles. The zero-order valence-corrected chi connectivity index (χ0v) is 10.3. The summed E-state index contributed by atoms with van der Waals surface area (Å²) >= 11 is 3.26. The second-order valence-corrected chi connectivity index (χ2v) is 3.75. The molecule has 0 aliphatic carbocycles. The largest absolute Gasteiger partial charge is 0.497 e. The standard InChI is InChI=1S/C11H13BrO3/c1-8(13)10-4-3-9(14-2)7-11(10)15-6-5-12/h3-4,7H,5-6H2,1-2H3. The fourth-order valence-electron chi connectivity index (χ4n) is 1.19. The van der Waals surface area contributed by atoms with Crippen LogP contribution < -0.4 is 9.47 Å². The maximum absolute atomic E-state index is 11.3. The molecule has 15 heavy (non-hydrogen) atoms. The van der Waals surface area contributed by atoms with Gasteiger partial charge in [-0.1, -0.05) is 15.9 Å². The van der Waals surface area contributed by atoms with Crippen LogP contribution >= 0.6 is 15.9 Å². The fourth-order valence-corrected chi connectivity index (χ4v) is 1.35. The van der Waals surface area contributed by atoms with E-state index in [0.717, 1.165) is 5.33 Å². The highest BCUT2D eigenvalue weighted by molar-refractivity contribution is 9.09. The molecule has 1 aromatic carbocycles. The number of ether oxygens (including phenoxy) is 2. The van der Waals surface area contributed by atoms with E-state index in [1.54, 1.807) is 25.3 Å². The van der Waals surface area contributed by atoms with Crippen molar-refractivity contribution in [2.45, 2.75) is 6.92 Å². The summed E-state index contributed by atoms with van der Waals surface area (Å²) in [4.78, 5) is 11.3. The predicted molar refractivity (Wildman–Crippen MR) is 62.3 cm³/mol. The van der Waals surface area contributed by atoms with Crippen molar-refractivity contribution >= 4 is 21.7 Å². The third-order valence-corrected chi connectivity index (χ3v) is 2.23. The molecule has 0 aliphatic rings. The van der Waals surface area contributed by atoms with Crippen molar-refractivity contribution in [3.8, 4) is 11.5 Å². The van der Waals surface area contributed by atoms with E-state index < -0.39 is 0 Å². The molecule has 1 rings (SSSR count). The maximum atomic E-state index is 11.3. The zero-order valence-electron chi connectivity index (χ0n) is 8.75. The van der Waals surface area contributed by atoms with Gasteiger partial charge in [-0.3, -0.25) is 4.79 Å². The van der Waals surface area contributed by atoms with E-state index >= 15 is 0 Å². The lowest BCUT2D eigenvalue weighted by molar-refractivity contribution is 0.101. The summed E-state index contributed by atoms with van der Waals surface area (Å²) in [5, 5.41) is 0.724. The van der Waals surface area contributed by atoms with Crippen molar-refractivity contribution in [1.29, 1.82) is 0 Å². The van der Waals surface area contributed by atoms with E-state index in [1.165, 1.54) is 6.92 Å². The molecular formula is C11H13BrO3. The van der Waals surface area contributed by atoms with Crippen LogP contribution in [0.4, 0.5) is 0 Å². The number of halogens is 1. The first-order valence-corrected chi connectivity index (χ1v) is 5.69. The number of ketones is 1. The Morgan fingerprint density at radius 1 is 1.47 bits per heavy atom. The number of carbonyl (C=O) groups excluding carboxylic acids is 1. The molecule has 0 aromatic heterocycles. The van der Waals surface area contributed by atoms with Gasteiger partial charge in [-0.25, -0.2) is 0 Å². The van der Waals surface area contributed by atoms with E-state index in [-0.39, 0.29) is 5.78 Å². The Kier molecular flexibility index (Phi) is 4.62. The number of benzene rings is 1. The highest BCUT2D eigenvalue weighted by Crippen LogP contribution is 2.25. The van der Waals surface area contributed by atoms with Crippen molar-refractivity contribution < 1.29 is 14.3 Å². The summed E-state index contributed by atoms with van der Waals surface area (Å²) < 4.78 is 10.5. The molecule has 1 aromatic rings. The highest BCUT2D eigenvalue weighted by Gasteiger charge is 2.09. The van der Waals surface area contributed by atoms with E-state index in [1.807, 2.05) is 0 Å². The van der Waals surface area contributed by atoms with Gasteiger partial charge in [0.25, 0.3) is 0 Å². The number of carbonyl (C=O) groups is 1. The van der Waals surface area contributed by atoms with E-state index in [4.69, 9.17) is 9.47 Å². The second-order valence-electron chi connectivity index (χ2n) is 2.96. The average molecular weight is 273 g/mol. The third-order valence-electron chi connectivity index (χ3n) is 1.90. The number of rotatable bonds is 5. The van der Waals surface area contributed by atoms with E-state index in [2.05, 4.69) is 15.9 Å². The second kappa shape index (κ2) is 5.75. The van der Waals surface area contributed by atoms with E-state index in [0.29, 0.717) is 23.7 Å². The molecule has 0 N–H and O–H groups in total. The lowest BCUT2D eigenvalue weighted by atomic mass is 10.1. The lowest BCUT2D eigenvalue weighted by Crippen LogP contribution is -2.03. The molecule has 0 fully saturated rings. The minimum atomic E-state index is -0.0118. The topological polar surface area (TPSA) is 35.5 Å². The molecule has 0 amide bonds. The van der Waals surface area contributed by atoms with Crippen LogP contribution in [0.5, 0.6) is 11.5 Å². The summed E-state index contributed by atoms with van der Waals surface area (Å²) in [6.45, 7) is 2.04. The molecule has 0 atom stereocenters. The molecule has 0 saturated carbocycles. The van der Waals surface area contributed by atoms with Crippen LogP contribution in [0, 0.1) is 0 Å². The van der Waals surface area contributed by atoms with Crippen LogP contribution in [-0.2, 0) is 0 Å². The molecule has 82 valence electrons. The fraction of sp³-hybridized carbons (Fsp3) is 0.364. The monoisotopic (exact) mass is 272 g/mol. The molecule has 0 spiro atoms. The number of hydrogen-bond donors (Lipinski definition) is 0. The quantitative estimate of drug-likeness (QED) is 0.611. The van der Waals surface area contributed by atoms with Crippen LogP contribution in [0.15, 0.2) is 18.2 Å². The molecule has 0 radical (unpaired) electrons. The normalized spacial score (nSPS) is 9.80. The Hall–Kier alpha value is -1.03. The Morgan fingerprint density at radius 3 is 2.73 bits per heavy atom. The van der Waals surface area contributed by atoms with Crippen molar-refractivity contribution in [2.75, 3.05) is 19.0 Å². The van der Waals surface area contributed by atoms with Crippen LogP contribution in [0.25, 0.3) is 0 Å². The maximum Gasteiger partial charge on any atom is 0.163 e. The first kappa shape index (κ1) is 12.0. The molecule has 0 bridgehead atoms. The third kappa shape index (κ3) is 3.23. The Balaban J connectivity index is 2.99. The van der Waals surface area contributed by atoms with Crippen LogP contribution in [0.1, 0.15) is 17.3 Å². The minimum Gasteiger partial charge on any atom is -0.497 e. The van der Waals surface area contributed by atoms with Gasteiger partial charge in [0, 0.05) is 11.4 Å². The number of Topliss-reactive ketones (excluding diaryl/α,β-unsaturated/α-hetero) is 1. The molecule has 0 saturated heterocycles. The van der Waals surface area contributed by atoms with Gasteiger partial charge in [0.1, 0.15) is 11.5 Å². The van der Waals surface area contributed by atoms with Crippen LogP contribution in [0.2, 0.25) is 0 Å². The van der Waals surface area contributed by atoms with Gasteiger partial charge >= 0.3 is 0 Å². The lowest BCUT2D eigenvalue weighted by Gasteiger charge is -2.10. The molecule has 4 heteroatoms. The minimum absolute atomic E-state index is 0.0118. The summed E-state index contributed by atoms with van der Waals surface area (Å²) in [5.74, 6) is 1.24.